The zero-order valence-electron chi connectivity index (χ0n) is 15.7. The molecule has 1 saturated heterocycles. The highest BCUT2D eigenvalue weighted by Crippen LogP contribution is 2.20. The van der Waals surface area contributed by atoms with Crippen LogP contribution in [0, 0.1) is 5.92 Å². The fourth-order valence-electron chi connectivity index (χ4n) is 3.55. The van der Waals surface area contributed by atoms with E-state index in [4.69, 9.17) is 4.74 Å². The molecule has 1 aromatic carbocycles. The number of nitrogens with zero attached hydrogens (tertiary/aromatic N) is 4. The lowest BCUT2D eigenvalue weighted by Crippen LogP contribution is -2.40. The molecule has 0 aliphatic carbocycles. The quantitative estimate of drug-likeness (QED) is 0.657. The standard InChI is InChI=1S/C21H24N4O3/c26-20(11-15-25-21(27)24-12-5-4-8-19(24)22-25)23-13-9-17(10-14-23)16-28-18-6-2-1-3-7-18/h1-8,12,17H,9-11,13-16H2. The predicted molar refractivity (Wildman–Crippen MR) is 105 cm³/mol. The third-order valence-electron chi connectivity index (χ3n) is 5.22. The first-order chi connectivity index (χ1) is 13.7. The van der Waals surface area contributed by atoms with E-state index in [2.05, 4.69) is 5.10 Å². The van der Waals surface area contributed by atoms with Crippen molar-refractivity contribution < 1.29 is 9.53 Å². The monoisotopic (exact) mass is 380 g/mol. The summed E-state index contributed by atoms with van der Waals surface area (Å²) in [5, 5.41) is 4.27. The van der Waals surface area contributed by atoms with E-state index in [1.807, 2.05) is 41.3 Å². The van der Waals surface area contributed by atoms with Crippen molar-refractivity contribution in [2.45, 2.75) is 25.8 Å². The molecule has 1 amide bonds. The van der Waals surface area contributed by atoms with E-state index in [0.29, 0.717) is 24.7 Å². The normalized spacial score (nSPS) is 15.1. The Morgan fingerprint density at radius 1 is 1.07 bits per heavy atom. The van der Waals surface area contributed by atoms with Crippen molar-refractivity contribution in [2.24, 2.45) is 5.92 Å². The van der Waals surface area contributed by atoms with Crippen LogP contribution in [0.1, 0.15) is 19.3 Å². The van der Waals surface area contributed by atoms with E-state index < -0.39 is 0 Å². The highest BCUT2D eigenvalue weighted by atomic mass is 16.5. The van der Waals surface area contributed by atoms with Gasteiger partial charge in [-0.2, -0.15) is 0 Å². The number of hydrogen-bond acceptors (Lipinski definition) is 4. The summed E-state index contributed by atoms with van der Waals surface area (Å²) in [5.41, 5.74) is 0.388. The van der Waals surface area contributed by atoms with Crippen LogP contribution < -0.4 is 10.4 Å². The molecular weight excluding hydrogens is 356 g/mol. The maximum atomic E-state index is 12.5. The van der Waals surface area contributed by atoms with Crippen LogP contribution in [0.4, 0.5) is 0 Å². The number of benzene rings is 1. The minimum Gasteiger partial charge on any atom is -0.493 e. The highest BCUT2D eigenvalue weighted by Gasteiger charge is 2.23. The molecule has 3 heterocycles. The van der Waals surface area contributed by atoms with Gasteiger partial charge >= 0.3 is 5.69 Å². The fourth-order valence-corrected chi connectivity index (χ4v) is 3.55. The molecule has 3 aromatic rings. The van der Waals surface area contributed by atoms with Gasteiger partial charge in [0.15, 0.2) is 5.65 Å². The average molecular weight is 380 g/mol. The van der Waals surface area contributed by atoms with Crippen LogP contribution in [0.3, 0.4) is 0 Å². The molecule has 28 heavy (non-hydrogen) atoms. The van der Waals surface area contributed by atoms with Crippen LogP contribution in [0.25, 0.3) is 5.65 Å². The van der Waals surface area contributed by atoms with Crippen molar-refractivity contribution in [2.75, 3.05) is 19.7 Å². The van der Waals surface area contributed by atoms with E-state index >= 15 is 0 Å². The Balaban J connectivity index is 1.25. The molecule has 2 aromatic heterocycles. The number of aryl methyl sites for hydroxylation is 1. The molecule has 1 aliphatic heterocycles. The van der Waals surface area contributed by atoms with E-state index in [0.717, 1.165) is 31.7 Å². The van der Waals surface area contributed by atoms with Gasteiger partial charge in [-0.15, -0.1) is 5.10 Å². The Labute approximate surface area is 163 Å². The topological polar surface area (TPSA) is 68.8 Å². The minimum atomic E-state index is -0.208. The number of piperidine rings is 1. The summed E-state index contributed by atoms with van der Waals surface area (Å²) in [4.78, 5) is 26.7. The summed E-state index contributed by atoms with van der Waals surface area (Å²) in [5.74, 6) is 1.43. The van der Waals surface area contributed by atoms with Crippen LogP contribution in [0.5, 0.6) is 5.75 Å². The molecule has 7 nitrogen and oxygen atoms in total. The molecule has 0 N–H and O–H groups in total. The SMILES string of the molecule is O=C(CCn1nc2ccccn2c1=O)N1CCC(COc2ccccc2)CC1. The number of para-hydroxylation sites is 1. The predicted octanol–water partition coefficient (Wildman–Crippen LogP) is 2.20. The number of aromatic nitrogens is 3. The number of carbonyl (C=O) groups is 1. The van der Waals surface area contributed by atoms with E-state index in [-0.39, 0.29) is 18.0 Å². The number of pyridine rings is 1. The first-order valence-corrected chi connectivity index (χ1v) is 9.70. The van der Waals surface area contributed by atoms with Crippen molar-refractivity contribution >= 4 is 11.6 Å². The minimum absolute atomic E-state index is 0.0754. The number of fused-ring (bicyclic) bond motifs is 1. The molecule has 146 valence electrons. The summed E-state index contributed by atoms with van der Waals surface area (Å²) < 4.78 is 8.69. The lowest BCUT2D eigenvalue weighted by molar-refractivity contribution is -0.133. The Kier molecular flexibility index (Phi) is 5.41. The van der Waals surface area contributed by atoms with Crippen LogP contribution in [-0.2, 0) is 11.3 Å². The maximum absolute atomic E-state index is 12.5. The van der Waals surface area contributed by atoms with E-state index in [1.165, 1.54) is 9.08 Å². The summed E-state index contributed by atoms with van der Waals surface area (Å²) in [6.07, 6.45) is 3.85. The molecule has 0 radical (unpaired) electrons. The second-order valence-electron chi connectivity index (χ2n) is 7.13. The summed E-state index contributed by atoms with van der Waals surface area (Å²) in [6, 6.07) is 15.2. The van der Waals surface area contributed by atoms with Crippen LogP contribution in [-0.4, -0.2) is 44.7 Å². The van der Waals surface area contributed by atoms with Crippen LogP contribution in [0.15, 0.2) is 59.5 Å². The zero-order valence-corrected chi connectivity index (χ0v) is 15.7. The largest absolute Gasteiger partial charge is 0.493 e. The fraction of sp³-hybridized carbons (Fsp3) is 0.381. The lowest BCUT2D eigenvalue weighted by Gasteiger charge is -2.32. The number of hydrogen-bond donors (Lipinski definition) is 0. The first kappa shape index (κ1) is 18.3. The van der Waals surface area contributed by atoms with Gasteiger partial charge in [0.25, 0.3) is 0 Å². The van der Waals surface area contributed by atoms with Crippen molar-refractivity contribution in [3.63, 3.8) is 0 Å². The molecule has 4 rings (SSSR count). The third-order valence-corrected chi connectivity index (χ3v) is 5.22. The Bertz CT molecular complexity index is 988. The Hall–Kier alpha value is -3.09. The van der Waals surface area contributed by atoms with Gasteiger partial charge in [0.1, 0.15) is 5.75 Å². The van der Waals surface area contributed by atoms with E-state index in [9.17, 15) is 9.59 Å². The van der Waals surface area contributed by atoms with Gasteiger partial charge < -0.3 is 9.64 Å². The van der Waals surface area contributed by atoms with Gasteiger partial charge in [-0.05, 0) is 43.0 Å². The van der Waals surface area contributed by atoms with Gasteiger partial charge in [-0.3, -0.25) is 9.20 Å². The van der Waals surface area contributed by atoms with Crippen molar-refractivity contribution in [1.82, 2.24) is 19.1 Å². The van der Waals surface area contributed by atoms with Gasteiger partial charge in [0.2, 0.25) is 5.91 Å². The molecule has 7 heteroatoms. The molecular formula is C21H24N4O3. The summed E-state index contributed by atoms with van der Waals surface area (Å²) >= 11 is 0. The zero-order chi connectivity index (χ0) is 19.3. The second-order valence-corrected chi connectivity index (χ2v) is 7.13. The lowest BCUT2D eigenvalue weighted by atomic mass is 9.97. The molecule has 1 aliphatic rings. The molecule has 0 spiro atoms. The number of amides is 1. The summed E-state index contributed by atoms with van der Waals surface area (Å²) in [7, 11) is 0. The third kappa shape index (κ3) is 4.08. The Morgan fingerprint density at radius 2 is 1.82 bits per heavy atom. The smallest absolute Gasteiger partial charge is 0.350 e. The molecule has 0 atom stereocenters. The molecule has 0 bridgehead atoms. The van der Waals surface area contributed by atoms with Crippen molar-refractivity contribution in [3.05, 3.63) is 65.2 Å². The Morgan fingerprint density at radius 3 is 2.57 bits per heavy atom. The van der Waals surface area contributed by atoms with Crippen LogP contribution >= 0.6 is 0 Å². The van der Waals surface area contributed by atoms with Crippen LogP contribution in [0.2, 0.25) is 0 Å². The molecule has 0 unspecified atom stereocenters. The van der Waals surface area contributed by atoms with Gasteiger partial charge in [0, 0.05) is 25.7 Å². The number of ether oxygens (including phenoxy) is 1. The highest BCUT2D eigenvalue weighted by molar-refractivity contribution is 5.76. The second kappa shape index (κ2) is 8.29. The van der Waals surface area contributed by atoms with Crippen molar-refractivity contribution in [1.29, 1.82) is 0 Å². The average Bonchev–Trinajstić information content (AvgIpc) is 3.07. The van der Waals surface area contributed by atoms with Gasteiger partial charge in [-0.1, -0.05) is 24.3 Å². The molecule has 1 fully saturated rings. The summed E-state index contributed by atoms with van der Waals surface area (Å²) in [6.45, 7) is 2.46. The number of likely N-dealkylation sites (tertiary alicyclic amines) is 1. The van der Waals surface area contributed by atoms with E-state index in [1.54, 1.807) is 18.3 Å². The molecule has 0 saturated carbocycles. The maximum Gasteiger partial charge on any atom is 0.350 e. The number of rotatable bonds is 6. The number of carbonyl (C=O) groups excluding carboxylic acids is 1. The first-order valence-electron chi connectivity index (χ1n) is 9.70. The van der Waals surface area contributed by atoms with Crippen molar-refractivity contribution in [3.8, 4) is 5.75 Å². The van der Waals surface area contributed by atoms with Gasteiger partial charge in [-0.25, -0.2) is 9.48 Å². The van der Waals surface area contributed by atoms with Gasteiger partial charge in [0.05, 0.1) is 13.2 Å².